The summed E-state index contributed by atoms with van der Waals surface area (Å²) in [7, 11) is 1.77. The van der Waals surface area contributed by atoms with E-state index in [-0.39, 0.29) is 0 Å². The Labute approximate surface area is 106 Å². The van der Waals surface area contributed by atoms with E-state index in [9.17, 15) is 0 Å². The lowest BCUT2D eigenvalue weighted by Crippen LogP contribution is -2.25. The predicted molar refractivity (Wildman–Crippen MR) is 69.6 cm³/mol. The van der Waals surface area contributed by atoms with Crippen molar-refractivity contribution < 1.29 is 4.74 Å². The first-order valence-corrected chi connectivity index (χ1v) is 6.54. The van der Waals surface area contributed by atoms with E-state index in [0.29, 0.717) is 6.04 Å². The van der Waals surface area contributed by atoms with Crippen LogP contribution in [0.5, 0.6) is 0 Å². The van der Waals surface area contributed by atoms with E-state index in [0.717, 1.165) is 25.5 Å². The normalized spacial score (nSPS) is 24.9. The SMILES string of the molecule is COCC1CC(Cc2cccc(Br)c2)CN1. The highest BCUT2D eigenvalue weighted by Crippen LogP contribution is 2.21. The first-order valence-electron chi connectivity index (χ1n) is 5.74. The molecule has 1 saturated heterocycles. The van der Waals surface area contributed by atoms with Gasteiger partial charge in [-0.25, -0.2) is 0 Å². The van der Waals surface area contributed by atoms with Gasteiger partial charge in [-0.1, -0.05) is 28.1 Å². The van der Waals surface area contributed by atoms with E-state index in [2.05, 4.69) is 45.5 Å². The zero-order valence-electron chi connectivity index (χ0n) is 9.58. The molecular weight excluding hydrogens is 266 g/mol. The van der Waals surface area contributed by atoms with Crippen LogP contribution in [-0.4, -0.2) is 26.3 Å². The molecular formula is C13H18BrNO. The molecule has 0 spiro atoms. The molecule has 16 heavy (non-hydrogen) atoms. The number of methoxy groups -OCH3 is 1. The highest BCUT2D eigenvalue weighted by Gasteiger charge is 2.23. The van der Waals surface area contributed by atoms with Gasteiger partial charge in [0.1, 0.15) is 0 Å². The summed E-state index contributed by atoms with van der Waals surface area (Å²) in [5.41, 5.74) is 1.42. The lowest BCUT2D eigenvalue weighted by molar-refractivity contribution is 0.172. The Morgan fingerprint density at radius 2 is 2.38 bits per heavy atom. The average Bonchev–Trinajstić information content (AvgIpc) is 2.66. The molecule has 1 aromatic rings. The minimum absolute atomic E-state index is 0.544. The van der Waals surface area contributed by atoms with Crippen LogP contribution in [-0.2, 0) is 11.2 Å². The lowest BCUT2D eigenvalue weighted by atomic mass is 9.97. The van der Waals surface area contributed by atoms with Crippen molar-refractivity contribution in [1.82, 2.24) is 5.32 Å². The maximum Gasteiger partial charge on any atom is 0.0615 e. The van der Waals surface area contributed by atoms with Crippen LogP contribution in [0.4, 0.5) is 0 Å². The molecule has 0 amide bonds. The van der Waals surface area contributed by atoms with E-state index in [1.165, 1.54) is 16.5 Å². The highest BCUT2D eigenvalue weighted by molar-refractivity contribution is 9.10. The van der Waals surface area contributed by atoms with Gasteiger partial charge in [0, 0.05) is 17.6 Å². The monoisotopic (exact) mass is 283 g/mol. The summed E-state index contributed by atoms with van der Waals surface area (Å²) >= 11 is 3.51. The van der Waals surface area contributed by atoms with Crippen molar-refractivity contribution in [3.63, 3.8) is 0 Å². The molecule has 3 heteroatoms. The van der Waals surface area contributed by atoms with Crippen molar-refractivity contribution in [2.45, 2.75) is 18.9 Å². The quantitative estimate of drug-likeness (QED) is 0.917. The maximum atomic E-state index is 5.17. The molecule has 1 aliphatic rings. The number of benzene rings is 1. The molecule has 88 valence electrons. The van der Waals surface area contributed by atoms with Gasteiger partial charge in [0.15, 0.2) is 0 Å². The van der Waals surface area contributed by atoms with Crippen LogP contribution in [0, 0.1) is 5.92 Å². The standard InChI is InChI=1S/C13H18BrNO/c1-16-9-13-7-11(8-15-13)5-10-3-2-4-12(14)6-10/h2-4,6,11,13,15H,5,7-9H2,1H3. The van der Waals surface area contributed by atoms with Gasteiger partial charge in [-0.3, -0.25) is 0 Å². The van der Waals surface area contributed by atoms with Crippen LogP contribution < -0.4 is 5.32 Å². The smallest absolute Gasteiger partial charge is 0.0615 e. The number of hydrogen-bond acceptors (Lipinski definition) is 2. The number of halogens is 1. The molecule has 2 rings (SSSR count). The maximum absolute atomic E-state index is 5.17. The van der Waals surface area contributed by atoms with Gasteiger partial charge >= 0.3 is 0 Å². The Morgan fingerprint density at radius 3 is 3.12 bits per heavy atom. The van der Waals surface area contributed by atoms with Crippen LogP contribution >= 0.6 is 15.9 Å². The van der Waals surface area contributed by atoms with Gasteiger partial charge in [0.05, 0.1) is 6.61 Å². The van der Waals surface area contributed by atoms with Crippen molar-refractivity contribution in [3.8, 4) is 0 Å². The predicted octanol–water partition coefficient (Wildman–Crippen LogP) is 2.62. The topological polar surface area (TPSA) is 21.3 Å². The summed E-state index contributed by atoms with van der Waals surface area (Å²) in [4.78, 5) is 0. The first-order chi connectivity index (χ1) is 7.78. The largest absolute Gasteiger partial charge is 0.383 e. The second kappa shape index (κ2) is 5.80. The molecule has 1 N–H and O–H groups in total. The van der Waals surface area contributed by atoms with Crippen LogP contribution in [0.3, 0.4) is 0 Å². The van der Waals surface area contributed by atoms with Gasteiger partial charge in [0.2, 0.25) is 0 Å². The molecule has 2 nitrogen and oxygen atoms in total. The molecule has 2 unspecified atom stereocenters. The summed E-state index contributed by atoms with van der Waals surface area (Å²) in [5, 5.41) is 3.51. The molecule has 0 bridgehead atoms. The van der Waals surface area contributed by atoms with Gasteiger partial charge < -0.3 is 10.1 Å². The Bertz CT molecular complexity index is 342. The molecule has 0 radical (unpaired) electrons. The fraction of sp³-hybridized carbons (Fsp3) is 0.538. The Balaban J connectivity index is 1.87. The van der Waals surface area contributed by atoms with E-state index >= 15 is 0 Å². The van der Waals surface area contributed by atoms with Gasteiger partial charge in [-0.05, 0) is 43.0 Å². The number of rotatable bonds is 4. The molecule has 0 aliphatic carbocycles. The average molecular weight is 284 g/mol. The van der Waals surface area contributed by atoms with Crippen molar-refractivity contribution in [1.29, 1.82) is 0 Å². The third-order valence-corrected chi connectivity index (χ3v) is 3.59. The van der Waals surface area contributed by atoms with Crippen molar-refractivity contribution >= 4 is 15.9 Å². The fourth-order valence-corrected chi connectivity index (χ4v) is 2.83. The van der Waals surface area contributed by atoms with Crippen molar-refractivity contribution in [2.75, 3.05) is 20.3 Å². The summed E-state index contributed by atoms with van der Waals surface area (Å²) < 4.78 is 6.34. The van der Waals surface area contributed by atoms with Crippen LogP contribution in [0.25, 0.3) is 0 Å². The van der Waals surface area contributed by atoms with Crippen LogP contribution in [0.15, 0.2) is 28.7 Å². The molecule has 1 heterocycles. The van der Waals surface area contributed by atoms with Gasteiger partial charge in [0.25, 0.3) is 0 Å². The minimum Gasteiger partial charge on any atom is -0.383 e. The van der Waals surface area contributed by atoms with Crippen molar-refractivity contribution in [2.24, 2.45) is 5.92 Å². The second-order valence-corrected chi connectivity index (χ2v) is 5.41. The number of hydrogen-bond donors (Lipinski definition) is 1. The van der Waals surface area contributed by atoms with Crippen LogP contribution in [0.1, 0.15) is 12.0 Å². The van der Waals surface area contributed by atoms with Gasteiger partial charge in [-0.15, -0.1) is 0 Å². The Kier molecular flexibility index (Phi) is 4.38. The van der Waals surface area contributed by atoms with E-state index in [1.54, 1.807) is 7.11 Å². The molecule has 1 fully saturated rings. The zero-order chi connectivity index (χ0) is 11.4. The molecule has 0 aromatic heterocycles. The lowest BCUT2D eigenvalue weighted by Gasteiger charge is -2.10. The summed E-state index contributed by atoms with van der Waals surface area (Å²) in [6.45, 7) is 1.94. The fourth-order valence-electron chi connectivity index (χ4n) is 2.38. The van der Waals surface area contributed by atoms with Crippen LogP contribution in [0.2, 0.25) is 0 Å². The van der Waals surface area contributed by atoms with Gasteiger partial charge in [-0.2, -0.15) is 0 Å². The highest BCUT2D eigenvalue weighted by atomic mass is 79.9. The molecule has 1 aliphatic heterocycles. The summed E-state index contributed by atoms with van der Waals surface area (Å²) in [5.74, 6) is 0.745. The summed E-state index contributed by atoms with van der Waals surface area (Å²) in [6, 6.07) is 9.14. The van der Waals surface area contributed by atoms with E-state index < -0.39 is 0 Å². The Morgan fingerprint density at radius 1 is 1.50 bits per heavy atom. The first kappa shape index (κ1) is 12.1. The molecule has 0 saturated carbocycles. The third kappa shape index (κ3) is 3.30. The van der Waals surface area contributed by atoms with E-state index in [1.807, 2.05) is 0 Å². The number of ether oxygens (including phenoxy) is 1. The second-order valence-electron chi connectivity index (χ2n) is 4.50. The number of nitrogens with one attached hydrogen (secondary N) is 1. The third-order valence-electron chi connectivity index (χ3n) is 3.09. The Hall–Kier alpha value is -0.380. The molecule has 2 atom stereocenters. The van der Waals surface area contributed by atoms with Crippen molar-refractivity contribution in [3.05, 3.63) is 34.3 Å². The summed E-state index contributed by atoms with van der Waals surface area (Å²) in [6.07, 6.45) is 2.38. The minimum atomic E-state index is 0.544. The molecule has 1 aromatic carbocycles. The zero-order valence-corrected chi connectivity index (χ0v) is 11.2. The van der Waals surface area contributed by atoms with E-state index in [4.69, 9.17) is 4.74 Å².